The van der Waals surface area contributed by atoms with E-state index in [1.54, 1.807) is 6.92 Å². The van der Waals surface area contributed by atoms with E-state index in [0.29, 0.717) is 11.8 Å². The summed E-state index contributed by atoms with van der Waals surface area (Å²) in [6, 6.07) is 10.7. The van der Waals surface area contributed by atoms with Crippen LogP contribution in [0.3, 0.4) is 0 Å². The summed E-state index contributed by atoms with van der Waals surface area (Å²) in [5.74, 6) is 0.989. The number of rotatable bonds is 3. The Morgan fingerprint density at radius 3 is 2.11 bits per heavy atom. The number of hydrogen-bond acceptors (Lipinski definition) is 1. The summed E-state index contributed by atoms with van der Waals surface area (Å²) >= 11 is 0. The van der Waals surface area contributed by atoms with E-state index in [2.05, 4.69) is 58.0 Å². The Morgan fingerprint density at radius 2 is 1.58 bits per heavy atom. The second-order valence-electron chi connectivity index (χ2n) is 5.87. The minimum absolute atomic E-state index is 0.157. The number of fused-ring (bicyclic) bond motifs is 1. The number of hydrogen-bond donors (Lipinski definition) is 0. The fraction of sp³-hybridized carbons (Fsp3) is 0.389. The molecule has 0 atom stereocenters. The Hall–Kier alpha value is -1.63. The monoisotopic (exact) mass is 254 g/mol. The van der Waals surface area contributed by atoms with Crippen molar-refractivity contribution in [3.8, 4) is 0 Å². The van der Waals surface area contributed by atoms with Crippen LogP contribution < -0.4 is 0 Å². The molecule has 100 valence electrons. The predicted molar refractivity (Wildman–Crippen MR) is 82.1 cm³/mol. The highest BCUT2D eigenvalue weighted by Gasteiger charge is 2.14. The molecule has 1 nitrogen and oxygen atoms in total. The van der Waals surface area contributed by atoms with Crippen molar-refractivity contribution in [3.05, 3.63) is 47.0 Å². The van der Waals surface area contributed by atoms with Crippen molar-refractivity contribution in [2.24, 2.45) is 0 Å². The zero-order valence-electron chi connectivity index (χ0n) is 12.4. The largest absolute Gasteiger partial charge is 0.295 e. The minimum atomic E-state index is 0.157. The van der Waals surface area contributed by atoms with Crippen LogP contribution in [0.15, 0.2) is 30.3 Å². The topological polar surface area (TPSA) is 17.1 Å². The molecule has 0 bridgehead atoms. The van der Waals surface area contributed by atoms with Gasteiger partial charge in [-0.15, -0.1) is 0 Å². The molecule has 0 aliphatic carbocycles. The SMILES string of the molecule is CC(=O)c1cc2c(C(C)C)cccc2cc1C(C)C. The zero-order valence-corrected chi connectivity index (χ0v) is 12.4. The van der Waals surface area contributed by atoms with E-state index in [0.717, 1.165) is 11.1 Å². The quantitative estimate of drug-likeness (QED) is 0.680. The maximum absolute atomic E-state index is 11.9. The van der Waals surface area contributed by atoms with Crippen molar-refractivity contribution >= 4 is 16.6 Å². The van der Waals surface area contributed by atoms with Gasteiger partial charge < -0.3 is 0 Å². The van der Waals surface area contributed by atoms with Crippen LogP contribution >= 0.6 is 0 Å². The van der Waals surface area contributed by atoms with Gasteiger partial charge in [-0.05, 0) is 46.7 Å². The lowest BCUT2D eigenvalue weighted by atomic mass is 9.88. The van der Waals surface area contributed by atoms with Crippen molar-refractivity contribution in [1.29, 1.82) is 0 Å². The molecular formula is C18H22O. The molecule has 2 rings (SSSR count). The molecular weight excluding hydrogens is 232 g/mol. The van der Waals surface area contributed by atoms with Gasteiger partial charge in [0.2, 0.25) is 0 Å². The third-order valence-electron chi connectivity index (χ3n) is 3.71. The van der Waals surface area contributed by atoms with E-state index in [1.807, 2.05) is 0 Å². The van der Waals surface area contributed by atoms with Crippen molar-refractivity contribution in [1.82, 2.24) is 0 Å². The molecule has 1 heteroatoms. The normalized spacial score (nSPS) is 11.5. The maximum atomic E-state index is 11.9. The van der Waals surface area contributed by atoms with Crippen LogP contribution in [-0.4, -0.2) is 5.78 Å². The number of carbonyl (C=O) groups excluding carboxylic acids is 1. The van der Waals surface area contributed by atoms with Crippen LogP contribution in [0.1, 0.15) is 67.9 Å². The van der Waals surface area contributed by atoms with Gasteiger partial charge in [0, 0.05) is 5.56 Å². The molecule has 0 N–H and O–H groups in total. The van der Waals surface area contributed by atoms with Crippen LogP contribution in [0.25, 0.3) is 10.8 Å². The summed E-state index contributed by atoms with van der Waals surface area (Å²) in [4.78, 5) is 11.9. The highest BCUT2D eigenvalue weighted by Crippen LogP contribution is 2.31. The Kier molecular flexibility index (Phi) is 3.75. The zero-order chi connectivity index (χ0) is 14.2. The van der Waals surface area contributed by atoms with Gasteiger partial charge in [0.1, 0.15) is 0 Å². The summed E-state index contributed by atoms with van der Waals surface area (Å²) < 4.78 is 0. The lowest BCUT2D eigenvalue weighted by molar-refractivity contribution is 0.101. The highest BCUT2D eigenvalue weighted by atomic mass is 16.1. The molecule has 0 fully saturated rings. The van der Waals surface area contributed by atoms with Gasteiger partial charge in [0.15, 0.2) is 5.78 Å². The van der Waals surface area contributed by atoms with E-state index in [4.69, 9.17) is 0 Å². The second kappa shape index (κ2) is 5.16. The number of Topliss-reactive ketones (excluding diaryl/α,β-unsaturated/α-hetero) is 1. The molecule has 0 aromatic heterocycles. The van der Waals surface area contributed by atoms with Gasteiger partial charge in [0.25, 0.3) is 0 Å². The van der Waals surface area contributed by atoms with Gasteiger partial charge in [-0.2, -0.15) is 0 Å². The minimum Gasteiger partial charge on any atom is -0.295 e. The Labute approximate surface area is 115 Å². The maximum Gasteiger partial charge on any atom is 0.160 e. The summed E-state index contributed by atoms with van der Waals surface area (Å²) in [6.45, 7) is 10.3. The van der Waals surface area contributed by atoms with E-state index >= 15 is 0 Å². The van der Waals surface area contributed by atoms with Crippen molar-refractivity contribution < 1.29 is 4.79 Å². The van der Waals surface area contributed by atoms with Crippen LogP contribution in [0.4, 0.5) is 0 Å². The van der Waals surface area contributed by atoms with Gasteiger partial charge >= 0.3 is 0 Å². The molecule has 0 saturated heterocycles. The number of benzene rings is 2. The molecule has 0 aliphatic rings. The lowest BCUT2D eigenvalue weighted by Gasteiger charge is -2.16. The number of ketones is 1. The Bertz CT molecular complexity index is 621. The smallest absolute Gasteiger partial charge is 0.160 e. The third-order valence-corrected chi connectivity index (χ3v) is 3.71. The average molecular weight is 254 g/mol. The van der Waals surface area contributed by atoms with E-state index in [-0.39, 0.29) is 5.78 Å². The van der Waals surface area contributed by atoms with Crippen molar-refractivity contribution in [3.63, 3.8) is 0 Å². The van der Waals surface area contributed by atoms with Gasteiger partial charge in [-0.25, -0.2) is 0 Å². The first-order valence-corrected chi connectivity index (χ1v) is 6.99. The molecule has 2 aromatic carbocycles. The van der Waals surface area contributed by atoms with E-state index in [9.17, 15) is 4.79 Å². The molecule has 0 amide bonds. The summed E-state index contributed by atoms with van der Waals surface area (Å²) in [5, 5.41) is 2.45. The molecule has 0 radical (unpaired) electrons. The lowest BCUT2D eigenvalue weighted by Crippen LogP contribution is -2.02. The average Bonchev–Trinajstić information content (AvgIpc) is 2.35. The van der Waals surface area contributed by atoms with Crippen LogP contribution in [0.5, 0.6) is 0 Å². The molecule has 0 unspecified atom stereocenters. The van der Waals surface area contributed by atoms with Gasteiger partial charge in [-0.1, -0.05) is 52.0 Å². The highest BCUT2D eigenvalue weighted by molar-refractivity contribution is 6.01. The fourth-order valence-corrected chi connectivity index (χ4v) is 2.65. The molecule has 0 spiro atoms. The van der Waals surface area contributed by atoms with Crippen LogP contribution in [0, 0.1) is 0 Å². The first kappa shape index (κ1) is 13.8. The van der Waals surface area contributed by atoms with Gasteiger partial charge in [-0.3, -0.25) is 4.79 Å². The summed E-state index contributed by atoms with van der Waals surface area (Å²) in [5.41, 5.74) is 3.34. The van der Waals surface area contributed by atoms with E-state index in [1.165, 1.54) is 16.3 Å². The van der Waals surface area contributed by atoms with Crippen LogP contribution in [-0.2, 0) is 0 Å². The Balaban J connectivity index is 2.81. The van der Waals surface area contributed by atoms with Crippen LogP contribution in [0.2, 0.25) is 0 Å². The summed E-state index contributed by atoms with van der Waals surface area (Å²) in [7, 11) is 0. The molecule has 0 heterocycles. The molecule has 0 saturated carbocycles. The standard InChI is InChI=1S/C18H22O/c1-11(2)15-8-6-7-14-9-16(12(3)4)17(13(5)19)10-18(14)15/h6-12H,1-5H3. The first-order valence-electron chi connectivity index (χ1n) is 6.99. The molecule has 19 heavy (non-hydrogen) atoms. The molecule has 2 aromatic rings. The molecule has 0 aliphatic heterocycles. The first-order chi connectivity index (χ1) is 8.91. The summed E-state index contributed by atoms with van der Waals surface area (Å²) in [6.07, 6.45) is 0. The third kappa shape index (κ3) is 2.56. The second-order valence-corrected chi connectivity index (χ2v) is 5.87. The van der Waals surface area contributed by atoms with E-state index < -0.39 is 0 Å². The van der Waals surface area contributed by atoms with Crippen molar-refractivity contribution in [2.45, 2.75) is 46.5 Å². The van der Waals surface area contributed by atoms with Gasteiger partial charge in [0.05, 0.1) is 0 Å². The predicted octanol–water partition coefficient (Wildman–Crippen LogP) is 5.29. The van der Waals surface area contributed by atoms with Crippen molar-refractivity contribution in [2.75, 3.05) is 0 Å². The number of carbonyl (C=O) groups is 1. The Morgan fingerprint density at radius 1 is 0.947 bits per heavy atom. The fourth-order valence-electron chi connectivity index (χ4n) is 2.65.